The first-order valence-electron chi connectivity index (χ1n) is 6.41. The summed E-state index contributed by atoms with van der Waals surface area (Å²) in [5, 5.41) is 12.4. The van der Waals surface area contributed by atoms with Crippen molar-refractivity contribution in [2.75, 3.05) is 5.32 Å². The van der Waals surface area contributed by atoms with Gasteiger partial charge >= 0.3 is 5.97 Å². The Balaban J connectivity index is 2.84. The molecule has 0 aliphatic rings. The Morgan fingerprint density at radius 2 is 2.17 bits per heavy atom. The summed E-state index contributed by atoms with van der Waals surface area (Å²) in [6.45, 7) is 8.20. The summed E-state index contributed by atoms with van der Waals surface area (Å²) in [4.78, 5) is 15.4. The summed E-state index contributed by atoms with van der Waals surface area (Å²) in [5.41, 5.74) is 1.00. The highest BCUT2D eigenvalue weighted by Gasteiger charge is 2.16. The van der Waals surface area contributed by atoms with E-state index in [0.717, 1.165) is 18.4 Å². The third kappa shape index (κ3) is 3.72. The molecule has 4 nitrogen and oxygen atoms in total. The number of aromatic nitrogens is 1. The van der Waals surface area contributed by atoms with E-state index in [-0.39, 0.29) is 11.6 Å². The van der Waals surface area contributed by atoms with Crippen LogP contribution in [0.15, 0.2) is 12.3 Å². The van der Waals surface area contributed by atoms with E-state index in [4.69, 9.17) is 0 Å². The Hall–Kier alpha value is -1.58. The van der Waals surface area contributed by atoms with E-state index in [1.807, 2.05) is 0 Å². The second-order valence-electron chi connectivity index (χ2n) is 4.95. The number of rotatable bonds is 6. The number of aryl methyl sites for hydroxylation is 1. The third-order valence-electron chi connectivity index (χ3n) is 3.21. The van der Waals surface area contributed by atoms with Gasteiger partial charge in [0.15, 0.2) is 0 Å². The van der Waals surface area contributed by atoms with Crippen LogP contribution in [0.4, 0.5) is 5.82 Å². The second kappa shape index (κ2) is 6.38. The number of hydrogen-bond acceptors (Lipinski definition) is 3. The zero-order chi connectivity index (χ0) is 13.7. The van der Waals surface area contributed by atoms with Gasteiger partial charge in [-0.05, 0) is 37.8 Å². The molecule has 0 saturated carbocycles. The fourth-order valence-electron chi connectivity index (χ4n) is 2.00. The minimum atomic E-state index is -0.932. The van der Waals surface area contributed by atoms with Crippen molar-refractivity contribution in [1.29, 1.82) is 0 Å². The van der Waals surface area contributed by atoms with Gasteiger partial charge in [0.1, 0.15) is 11.4 Å². The van der Waals surface area contributed by atoms with Gasteiger partial charge in [-0.3, -0.25) is 0 Å². The van der Waals surface area contributed by atoms with Crippen LogP contribution in [0.3, 0.4) is 0 Å². The van der Waals surface area contributed by atoms with Gasteiger partial charge in [0.2, 0.25) is 0 Å². The fourth-order valence-corrected chi connectivity index (χ4v) is 2.00. The van der Waals surface area contributed by atoms with E-state index in [1.54, 1.807) is 19.2 Å². The maximum Gasteiger partial charge on any atom is 0.339 e. The van der Waals surface area contributed by atoms with E-state index in [1.165, 1.54) is 0 Å². The molecular weight excluding hydrogens is 228 g/mol. The molecule has 0 saturated heterocycles. The lowest BCUT2D eigenvalue weighted by molar-refractivity contribution is 0.0697. The highest BCUT2D eigenvalue weighted by molar-refractivity contribution is 5.94. The van der Waals surface area contributed by atoms with Crippen molar-refractivity contribution >= 4 is 11.8 Å². The van der Waals surface area contributed by atoms with Crippen LogP contribution in [0.2, 0.25) is 0 Å². The van der Waals surface area contributed by atoms with Crippen LogP contribution in [0.25, 0.3) is 0 Å². The normalized spacial score (nSPS) is 14.0. The lowest BCUT2D eigenvalue weighted by atomic mass is 10.00. The van der Waals surface area contributed by atoms with Crippen molar-refractivity contribution < 1.29 is 9.90 Å². The quantitative estimate of drug-likeness (QED) is 0.813. The van der Waals surface area contributed by atoms with Crippen molar-refractivity contribution in [1.82, 2.24) is 4.98 Å². The first-order valence-corrected chi connectivity index (χ1v) is 6.41. The molecule has 0 aromatic carbocycles. The SMILES string of the molecule is CCC(C)CC(C)Nc1nccc(C)c1C(=O)O. The number of hydrogen-bond donors (Lipinski definition) is 2. The molecule has 4 heteroatoms. The molecule has 18 heavy (non-hydrogen) atoms. The fraction of sp³-hybridized carbons (Fsp3) is 0.571. The lowest BCUT2D eigenvalue weighted by Crippen LogP contribution is -2.21. The van der Waals surface area contributed by atoms with Crippen molar-refractivity contribution in [2.24, 2.45) is 5.92 Å². The zero-order valence-corrected chi connectivity index (χ0v) is 11.5. The van der Waals surface area contributed by atoms with Crippen LogP contribution in [-0.2, 0) is 0 Å². The summed E-state index contributed by atoms with van der Waals surface area (Å²) in [5.74, 6) is 0.155. The molecule has 1 aromatic heterocycles. The minimum absolute atomic E-state index is 0.215. The van der Waals surface area contributed by atoms with Crippen LogP contribution in [0, 0.1) is 12.8 Å². The third-order valence-corrected chi connectivity index (χ3v) is 3.21. The predicted octanol–water partition coefficient (Wildman–Crippen LogP) is 3.32. The Labute approximate surface area is 108 Å². The molecule has 100 valence electrons. The number of nitrogens with zero attached hydrogens (tertiary/aromatic N) is 1. The topological polar surface area (TPSA) is 62.2 Å². The Kier molecular flexibility index (Phi) is 5.13. The second-order valence-corrected chi connectivity index (χ2v) is 4.95. The summed E-state index contributed by atoms with van der Waals surface area (Å²) < 4.78 is 0. The lowest BCUT2D eigenvalue weighted by Gasteiger charge is -2.19. The smallest absolute Gasteiger partial charge is 0.339 e. The first-order chi connectivity index (χ1) is 8.45. The largest absolute Gasteiger partial charge is 0.478 e. The van der Waals surface area contributed by atoms with Crippen molar-refractivity contribution in [3.8, 4) is 0 Å². The molecule has 2 unspecified atom stereocenters. The number of nitrogens with one attached hydrogen (secondary N) is 1. The van der Waals surface area contributed by atoms with Crippen LogP contribution in [0.5, 0.6) is 0 Å². The molecule has 2 N–H and O–H groups in total. The van der Waals surface area contributed by atoms with E-state index in [2.05, 4.69) is 31.1 Å². The van der Waals surface area contributed by atoms with Gasteiger partial charge in [-0.2, -0.15) is 0 Å². The molecule has 0 bridgehead atoms. The van der Waals surface area contributed by atoms with Gasteiger partial charge < -0.3 is 10.4 Å². The van der Waals surface area contributed by atoms with Gasteiger partial charge in [0.25, 0.3) is 0 Å². The zero-order valence-electron chi connectivity index (χ0n) is 11.5. The number of aromatic carboxylic acids is 1. The maximum absolute atomic E-state index is 11.2. The maximum atomic E-state index is 11.2. The van der Waals surface area contributed by atoms with Crippen molar-refractivity contribution in [3.63, 3.8) is 0 Å². The molecule has 0 fully saturated rings. The van der Waals surface area contributed by atoms with Crippen molar-refractivity contribution in [2.45, 2.75) is 46.6 Å². The monoisotopic (exact) mass is 250 g/mol. The van der Waals surface area contributed by atoms with Gasteiger partial charge in [0.05, 0.1) is 0 Å². The molecular formula is C14H22N2O2. The summed E-state index contributed by atoms with van der Waals surface area (Å²) in [7, 11) is 0. The van der Waals surface area contributed by atoms with Gasteiger partial charge in [-0.25, -0.2) is 9.78 Å². The van der Waals surface area contributed by atoms with E-state index < -0.39 is 5.97 Å². The molecule has 0 aliphatic heterocycles. The number of carboxylic acid groups (broad SMARTS) is 1. The Bertz CT molecular complexity index is 418. The van der Waals surface area contributed by atoms with Crippen LogP contribution in [0.1, 0.15) is 49.5 Å². The summed E-state index contributed by atoms with van der Waals surface area (Å²) in [6.07, 6.45) is 3.77. The number of anilines is 1. The molecule has 0 aliphatic carbocycles. The number of pyridine rings is 1. The van der Waals surface area contributed by atoms with E-state index in [9.17, 15) is 9.90 Å². The van der Waals surface area contributed by atoms with Gasteiger partial charge in [-0.15, -0.1) is 0 Å². The van der Waals surface area contributed by atoms with Crippen LogP contribution < -0.4 is 5.32 Å². The predicted molar refractivity (Wildman–Crippen MR) is 73.1 cm³/mol. The summed E-state index contributed by atoms with van der Waals surface area (Å²) >= 11 is 0. The van der Waals surface area contributed by atoms with E-state index >= 15 is 0 Å². The highest BCUT2D eigenvalue weighted by Crippen LogP contribution is 2.19. The molecule has 1 aromatic rings. The molecule has 2 atom stereocenters. The molecule has 0 radical (unpaired) electrons. The number of carboxylic acids is 1. The Morgan fingerprint density at radius 3 is 2.72 bits per heavy atom. The standard InChI is InChI=1S/C14H22N2O2/c1-5-9(2)8-11(4)16-13-12(14(17)18)10(3)6-7-15-13/h6-7,9,11H,5,8H2,1-4H3,(H,15,16)(H,17,18). The van der Waals surface area contributed by atoms with Crippen molar-refractivity contribution in [3.05, 3.63) is 23.4 Å². The average molecular weight is 250 g/mol. The Morgan fingerprint density at radius 1 is 1.50 bits per heavy atom. The van der Waals surface area contributed by atoms with Crippen LogP contribution >= 0.6 is 0 Å². The van der Waals surface area contributed by atoms with E-state index in [0.29, 0.717) is 11.7 Å². The minimum Gasteiger partial charge on any atom is -0.478 e. The first kappa shape index (κ1) is 14.5. The van der Waals surface area contributed by atoms with Gasteiger partial charge in [0, 0.05) is 12.2 Å². The average Bonchev–Trinajstić information content (AvgIpc) is 2.28. The van der Waals surface area contributed by atoms with Crippen LogP contribution in [-0.4, -0.2) is 22.1 Å². The molecule has 1 heterocycles. The molecule has 0 amide bonds. The molecule has 1 rings (SSSR count). The molecule has 0 spiro atoms. The number of carbonyl (C=O) groups is 1. The summed E-state index contributed by atoms with van der Waals surface area (Å²) in [6, 6.07) is 1.93. The highest BCUT2D eigenvalue weighted by atomic mass is 16.4. The van der Waals surface area contributed by atoms with Gasteiger partial charge in [-0.1, -0.05) is 20.3 Å².